The molecule has 2 heterocycles. The first-order valence-corrected chi connectivity index (χ1v) is 12.2. The second-order valence-corrected chi connectivity index (χ2v) is 9.43. The fourth-order valence-corrected chi connectivity index (χ4v) is 3.88. The van der Waals surface area contributed by atoms with Gasteiger partial charge in [-0.15, -0.1) is 0 Å². The second kappa shape index (κ2) is 10.6. The summed E-state index contributed by atoms with van der Waals surface area (Å²) in [6, 6.07) is 10.1. The molecule has 10 nitrogen and oxygen atoms in total. The number of ether oxygens (including phenoxy) is 2. The number of carbonyl (C=O) groups is 1. The van der Waals surface area contributed by atoms with Crippen molar-refractivity contribution in [1.82, 2.24) is 9.97 Å². The molecule has 0 aliphatic heterocycles. The minimum absolute atomic E-state index is 0.103. The third-order valence-corrected chi connectivity index (χ3v) is 6.12. The van der Waals surface area contributed by atoms with Gasteiger partial charge in [0.15, 0.2) is 15.6 Å². The maximum atomic E-state index is 12.6. The van der Waals surface area contributed by atoms with E-state index in [1.165, 1.54) is 36.6 Å². The first-order chi connectivity index (χ1) is 16.2. The molecule has 0 spiro atoms. The van der Waals surface area contributed by atoms with Crippen molar-refractivity contribution in [3.8, 4) is 5.75 Å². The summed E-state index contributed by atoms with van der Waals surface area (Å²) >= 11 is 0. The van der Waals surface area contributed by atoms with Crippen molar-refractivity contribution in [2.24, 2.45) is 5.84 Å². The molecule has 0 bridgehead atoms. The molecular weight excluding hydrogens is 458 g/mol. The van der Waals surface area contributed by atoms with Crippen molar-refractivity contribution in [2.45, 2.75) is 24.8 Å². The van der Waals surface area contributed by atoms with E-state index >= 15 is 0 Å². The van der Waals surface area contributed by atoms with Crippen LogP contribution in [0.3, 0.4) is 0 Å². The summed E-state index contributed by atoms with van der Waals surface area (Å²) in [5.41, 5.74) is 2.08. The first kappa shape index (κ1) is 25.1. The lowest BCUT2D eigenvalue weighted by atomic mass is 10.1. The summed E-state index contributed by atoms with van der Waals surface area (Å²) in [5, 5.41) is 4.38. The molecule has 180 valence electrons. The van der Waals surface area contributed by atoms with Gasteiger partial charge in [-0.25, -0.2) is 24.2 Å². The van der Waals surface area contributed by atoms with Crippen molar-refractivity contribution >= 4 is 38.6 Å². The molecule has 0 fully saturated rings. The highest BCUT2D eigenvalue weighted by molar-refractivity contribution is 7.90. The number of rotatable bonds is 10. The number of carbonyl (C=O) groups excluding carboxylic acids is 1. The van der Waals surface area contributed by atoms with Crippen LogP contribution in [0.25, 0.3) is 0 Å². The number of anilines is 4. The van der Waals surface area contributed by atoms with Gasteiger partial charge in [-0.2, -0.15) is 0 Å². The Morgan fingerprint density at radius 2 is 1.82 bits per heavy atom. The number of methoxy groups -OCH3 is 2. The number of hydrogen-bond acceptors (Lipinski definition) is 10. The molecule has 3 rings (SSSR count). The van der Waals surface area contributed by atoms with Crippen LogP contribution in [-0.2, 0) is 21.2 Å². The van der Waals surface area contributed by atoms with Crippen molar-refractivity contribution in [1.29, 1.82) is 0 Å². The van der Waals surface area contributed by atoms with E-state index in [2.05, 4.69) is 15.3 Å². The number of para-hydroxylation sites is 1. The van der Waals surface area contributed by atoms with Gasteiger partial charge in [0.05, 0.1) is 35.6 Å². The number of nitrogens with one attached hydrogen (secondary N) is 1. The van der Waals surface area contributed by atoms with Gasteiger partial charge in [-0.1, -0.05) is 19.1 Å². The number of benzene rings is 1. The normalized spacial score (nSPS) is 11.2. The van der Waals surface area contributed by atoms with Crippen molar-refractivity contribution < 1.29 is 22.7 Å². The maximum Gasteiger partial charge on any atom is 0.177 e. The summed E-state index contributed by atoms with van der Waals surface area (Å²) in [5.74, 6) is 7.63. The molecule has 0 radical (unpaired) electrons. The van der Waals surface area contributed by atoms with Crippen molar-refractivity contribution in [3.05, 3.63) is 59.9 Å². The lowest BCUT2D eigenvalue weighted by Gasteiger charge is -2.25. The Hall–Kier alpha value is -3.54. The number of sulfone groups is 1. The fourth-order valence-electron chi connectivity index (χ4n) is 3.32. The van der Waals surface area contributed by atoms with Crippen molar-refractivity contribution in [2.75, 3.05) is 30.8 Å². The van der Waals surface area contributed by atoms with E-state index in [4.69, 9.17) is 15.3 Å². The zero-order valence-corrected chi connectivity index (χ0v) is 20.2. The smallest absolute Gasteiger partial charge is 0.177 e. The largest absolute Gasteiger partial charge is 0.494 e. The Kier molecular flexibility index (Phi) is 7.82. The number of hydrogen-bond donors (Lipinski definition) is 2. The van der Waals surface area contributed by atoms with E-state index in [0.29, 0.717) is 40.9 Å². The molecule has 0 saturated carbocycles. The third kappa shape index (κ3) is 5.50. The highest BCUT2D eigenvalue weighted by Gasteiger charge is 2.21. The van der Waals surface area contributed by atoms with E-state index < -0.39 is 9.84 Å². The van der Waals surface area contributed by atoms with E-state index in [0.717, 1.165) is 11.8 Å². The minimum atomic E-state index is -3.36. The molecule has 0 amide bonds. The Labute approximate surface area is 198 Å². The summed E-state index contributed by atoms with van der Waals surface area (Å²) in [6.45, 7) is 2.08. The maximum absolute atomic E-state index is 12.6. The lowest BCUT2D eigenvalue weighted by Crippen LogP contribution is -2.28. The number of pyridine rings is 2. The standard InChI is InChI=1S/C23H27N5O5S/c1-5-20(29)17-13-26-22(27-21-10-9-16(12-25-21)34(4,30)31)11-19(17)28(24)18-8-6-7-15(14-32-2)23(18)33-3/h6-13H,5,14,24H2,1-4H3,(H,25,26,27). The van der Waals surface area contributed by atoms with Crippen LogP contribution in [0, 0.1) is 0 Å². The summed E-state index contributed by atoms with van der Waals surface area (Å²) in [4.78, 5) is 21.2. The summed E-state index contributed by atoms with van der Waals surface area (Å²) in [6.07, 6.45) is 4.08. The highest BCUT2D eigenvalue weighted by atomic mass is 32.2. The number of nitrogens with two attached hydrogens (primary N) is 1. The number of aromatic nitrogens is 2. The monoisotopic (exact) mass is 485 g/mol. The average Bonchev–Trinajstić information content (AvgIpc) is 2.83. The number of ketones is 1. The van der Waals surface area contributed by atoms with Crippen LogP contribution in [-0.4, -0.2) is 44.6 Å². The molecule has 1 aromatic carbocycles. The zero-order valence-electron chi connectivity index (χ0n) is 19.4. The Morgan fingerprint density at radius 1 is 1.09 bits per heavy atom. The molecule has 34 heavy (non-hydrogen) atoms. The fraction of sp³-hybridized carbons (Fsp3) is 0.261. The Morgan fingerprint density at radius 3 is 2.41 bits per heavy atom. The van der Waals surface area contributed by atoms with E-state index in [9.17, 15) is 13.2 Å². The molecule has 0 unspecified atom stereocenters. The van der Waals surface area contributed by atoms with Crippen LogP contribution in [0.5, 0.6) is 5.75 Å². The van der Waals surface area contributed by atoms with Crippen LogP contribution in [0.1, 0.15) is 29.3 Å². The lowest BCUT2D eigenvalue weighted by molar-refractivity contribution is 0.0988. The number of Topliss-reactive ketones (excluding diaryl/α,β-unsaturated/α-hetero) is 1. The Bertz CT molecular complexity index is 1280. The van der Waals surface area contributed by atoms with Gasteiger partial charge in [0, 0.05) is 43.8 Å². The van der Waals surface area contributed by atoms with Gasteiger partial charge >= 0.3 is 0 Å². The summed E-state index contributed by atoms with van der Waals surface area (Å²) < 4.78 is 34.2. The predicted molar refractivity (Wildman–Crippen MR) is 130 cm³/mol. The Balaban J connectivity index is 2.03. The van der Waals surface area contributed by atoms with Gasteiger partial charge in [0.25, 0.3) is 0 Å². The molecular formula is C23H27N5O5S. The topological polar surface area (TPSA) is 137 Å². The van der Waals surface area contributed by atoms with E-state index in [1.54, 1.807) is 26.2 Å². The predicted octanol–water partition coefficient (Wildman–Crippen LogP) is 3.38. The number of nitrogens with zero attached hydrogens (tertiary/aromatic N) is 3. The number of hydrazine groups is 1. The van der Waals surface area contributed by atoms with Gasteiger partial charge < -0.3 is 14.8 Å². The van der Waals surface area contributed by atoms with Crippen LogP contribution in [0.2, 0.25) is 0 Å². The van der Waals surface area contributed by atoms with Crippen LogP contribution < -0.4 is 20.9 Å². The average molecular weight is 486 g/mol. The minimum Gasteiger partial charge on any atom is -0.494 e. The first-order valence-electron chi connectivity index (χ1n) is 10.4. The molecule has 11 heteroatoms. The zero-order chi connectivity index (χ0) is 24.9. The quantitative estimate of drug-likeness (QED) is 0.250. The van der Waals surface area contributed by atoms with E-state index in [-0.39, 0.29) is 17.1 Å². The second-order valence-electron chi connectivity index (χ2n) is 7.41. The molecule has 2 aromatic heterocycles. The van der Waals surface area contributed by atoms with E-state index in [1.807, 2.05) is 12.1 Å². The molecule has 0 atom stereocenters. The van der Waals surface area contributed by atoms with Crippen LogP contribution in [0.4, 0.5) is 23.0 Å². The summed E-state index contributed by atoms with van der Waals surface area (Å²) in [7, 11) is -0.239. The molecule has 0 aliphatic rings. The third-order valence-electron chi connectivity index (χ3n) is 5.02. The van der Waals surface area contributed by atoms with Gasteiger partial charge in [0.1, 0.15) is 17.4 Å². The molecule has 3 aromatic rings. The molecule has 0 aliphatic carbocycles. The van der Waals surface area contributed by atoms with Crippen LogP contribution >= 0.6 is 0 Å². The highest BCUT2D eigenvalue weighted by Crippen LogP contribution is 2.37. The molecule has 0 saturated heterocycles. The van der Waals surface area contributed by atoms with Gasteiger partial charge in [-0.3, -0.25) is 9.80 Å². The van der Waals surface area contributed by atoms with Gasteiger partial charge in [0.2, 0.25) is 0 Å². The molecule has 3 N–H and O–H groups in total. The van der Waals surface area contributed by atoms with Crippen molar-refractivity contribution in [3.63, 3.8) is 0 Å². The van der Waals surface area contributed by atoms with Gasteiger partial charge in [-0.05, 0) is 18.2 Å². The SMILES string of the molecule is CCC(=O)c1cnc(Nc2ccc(S(C)(=O)=O)cn2)cc1N(N)c1cccc(COC)c1OC. The van der Waals surface area contributed by atoms with Crippen LogP contribution in [0.15, 0.2) is 53.7 Å².